The second-order valence-electron chi connectivity index (χ2n) is 3.64. The summed E-state index contributed by atoms with van der Waals surface area (Å²) in [6.07, 6.45) is 0.0182. The molecule has 1 aromatic carbocycles. The van der Waals surface area contributed by atoms with Crippen LogP contribution in [0.4, 0.5) is 5.69 Å². The first-order valence-electron chi connectivity index (χ1n) is 5.30. The second kappa shape index (κ2) is 6.39. The van der Waals surface area contributed by atoms with Gasteiger partial charge in [-0.2, -0.15) is 0 Å². The Balaban J connectivity index is 2.51. The van der Waals surface area contributed by atoms with Gasteiger partial charge < -0.3 is 25.1 Å². The number of amides is 1. The van der Waals surface area contributed by atoms with Crippen molar-refractivity contribution in [2.24, 2.45) is 0 Å². The normalized spacial score (nSPS) is 9.78. The van der Waals surface area contributed by atoms with Crippen molar-refractivity contribution in [3.05, 3.63) is 29.8 Å². The molecule has 1 aromatic rings. The molecule has 0 saturated heterocycles. The molecule has 1 amide bonds. The number of aliphatic carboxylic acids is 1. The second-order valence-corrected chi connectivity index (χ2v) is 3.64. The third kappa shape index (κ3) is 4.65. The number of nitrogens with one attached hydrogen (secondary N) is 1. The summed E-state index contributed by atoms with van der Waals surface area (Å²) in [4.78, 5) is 32.1. The molecule has 18 heavy (non-hydrogen) atoms. The zero-order valence-corrected chi connectivity index (χ0v) is 9.47. The van der Waals surface area contributed by atoms with E-state index in [0.717, 1.165) is 0 Å². The third-order valence-corrected chi connectivity index (χ3v) is 2.17. The van der Waals surface area contributed by atoms with Crippen LogP contribution in [0.5, 0.6) is 0 Å². The van der Waals surface area contributed by atoms with E-state index in [9.17, 15) is 24.6 Å². The van der Waals surface area contributed by atoms with Crippen LogP contribution in [0.25, 0.3) is 0 Å². The third-order valence-electron chi connectivity index (χ3n) is 2.17. The lowest BCUT2D eigenvalue weighted by molar-refractivity contribution is -0.305. The number of hydrogen-bond donors (Lipinski definition) is 1. The van der Waals surface area contributed by atoms with Crippen LogP contribution in [0.2, 0.25) is 0 Å². The Morgan fingerprint density at radius 1 is 1.11 bits per heavy atom. The van der Waals surface area contributed by atoms with Gasteiger partial charge in [-0.25, -0.2) is 0 Å². The Labute approximate surface area is 103 Å². The summed E-state index contributed by atoms with van der Waals surface area (Å²) in [5, 5.41) is 23.2. The summed E-state index contributed by atoms with van der Waals surface area (Å²) in [5.41, 5.74) is 0.290. The van der Waals surface area contributed by atoms with Gasteiger partial charge in [-0.1, -0.05) is 12.1 Å². The minimum atomic E-state index is -1.33. The van der Waals surface area contributed by atoms with Crippen molar-refractivity contribution in [3.63, 3.8) is 0 Å². The van der Waals surface area contributed by atoms with Crippen molar-refractivity contribution in [3.8, 4) is 0 Å². The number of carbonyl (C=O) groups is 3. The van der Waals surface area contributed by atoms with Crippen molar-refractivity contribution in [2.75, 3.05) is 5.32 Å². The average molecular weight is 249 g/mol. The van der Waals surface area contributed by atoms with Crippen molar-refractivity contribution in [2.45, 2.75) is 19.3 Å². The highest BCUT2D eigenvalue weighted by atomic mass is 16.4. The fourth-order valence-electron chi connectivity index (χ4n) is 1.34. The molecule has 1 rings (SSSR count). The molecular weight excluding hydrogens is 238 g/mol. The maximum absolute atomic E-state index is 11.4. The Bertz CT molecular complexity index is 469. The van der Waals surface area contributed by atoms with Gasteiger partial charge in [0.2, 0.25) is 5.91 Å². The molecule has 0 aliphatic carbocycles. The molecule has 0 fully saturated rings. The number of hydrogen-bond acceptors (Lipinski definition) is 5. The number of carbonyl (C=O) groups excluding carboxylic acids is 3. The van der Waals surface area contributed by atoms with Crippen molar-refractivity contribution >= 4 is 23.5 Å². The topological polar surface area (TPSA) is 109 Å². The predicted molar refractivity (Wildman–Crippen MR) is 58.3 cm³/mol. The van der Waals surface area contributed by atoms with Gasteiger partial charge in [0.05, 0.1) is 5.97 Å². The maximum Gasteiger partial charge on any atom is 0.224 e. The van der Waals surface area contributed by atoms with Gasteiger partial charge in [0, 0.05) is 18.1 Å². The van der Waals surface area contributed by atoms with E-state index in [1.165, 1.54) is 24.3 Å². The van der Waals surface area contributed by atoms with Crippen LogP contribution in [-0.2, 0) is 9.59 Å². The molecule has 0 bridgehead atoms. The Kier molecular flexibility index (Phi) is 4.86. The number of carboxylic acid groups (broad SMARTS) is 2. The number of rotatable bonds is 6. The van der Waals surface area contributed by atoms with Crippen LogP contribution in [0.1, 0.15) is 29.6 Å². The summed E-state index contributed by atoms with van der Waals surface area (Å²) < 4.78 is 0. The number of carboxylic acids is 2. The molecule has 0 heterocycles. The van der Waals surface area contributed by atoms with E-state index in [0.29, 0.717) is 5.69 Å². The Hall–Kier alpha value is -2.37. The molecule has 0 atom stereocenters. The van der Waals surface area contributed by atoms with Crippen LogP contribution in [-0.4, -0.2) is 17.8 Å². The number of aromatic carboxylic acids is 1. The van der Waals surface area contributed by atoms with Gasteiger partial charge in [-0.3, -0.25) is 4.79 Å². The molecule has 0 saturated carbocycles. The lowest BCUT2D eigenvalue weighted by Crippen LogP contribution is -2.23. The maximum atomic E-state index is 11.4. The van der Waals surface area contributed by atoms with Crippen molar-refractivity contribution in [1.29, 1.82) is 0 Å². The quantitative estimate of drug-likeness (QED) is 0.688. The monoisotopic (exact) mass is 249 g/mol. The highest BCUT2D eigenvalue weighted by molar-refractivity contribution is 5.93. The van der Waals surface area contributed by atoms with Crippen LogP contribution in [0.3, 0.4) is 0 Å². The van der Waals surface area contributed by atoms with E-state index in [-0.39, 0.29) is 30.7 Å². The summed E-state index contributed by atoms with van der Waals surface area (Å²) in [6, 6.07) is 5.62. The molecule has 6 nitrogen and oxygen atoms in total. The molecule has 0 spiro atoms. The highest BCUT2D eigenvalue weighted by Crippen LogP contribution is 2.10. The largest absolute Gasteiger partial charge is 0.550 e. The SMILES string of the molecule is O=C([O-])CCCC(=O)Nc1cccc(C(=O)[O-])c1. The molecule has 6 heteroatoms. The Morgan fingerprint density at radius 2 is 1.83 bits per heavy atom. The summed E-state index contributed by atoms with van der Waals surface area (Å²) in [6.45, 7) is 0. The van der Waals surface area contributed by atoms with Gasteiger partial charge >= 0.3 is 0 Å². The molecule has 0 radical (unpaired) electrons. The summed E-state index contributed by atoms with van der Waals surface area (Å²) in [5.74, 6) is -2.92. The molecule has 0 aromatic heterocycles. The first-order valence-corrected chi connectivity index (χ1v) is 5.30. The van der Waals surface area contributed by atoms with E-state index in [2.05, 4.69) is 5.32 Å². The average Bonchev–Trinajstić information content (AvgIpc) is 2.28. The standard InChI is InChI=1S/C12H13NO5/c14-10(5-2-6-11(15)16)13-9-4-1-3-8(7-9)12(17)18/h1,3-4,7H,2,5-6H2,(H,13,14)(H,15,16)(H,17,18)/p-2. The first kappa shape index (κ1) is 13.7. The predicted octanol–water partition coefficient (Wildman–Crippen LogP) is -1.09. The van der Waals surface area contributed by atoms with E-state index < -0.39 is 11.9 Å². The molecule has 1 N–H and O–H groups in total. The molecule has 0 aliphatic heterocycles. The number of anilines is 1. The lowest BCUT2D eigenvalue weighted by Gasteiger charge is -2.08. The first-order chi connectivity index (χ1) is 8.49. The van der Waals surface area contributed by atoms with E-state index in [1.807, 2.05) is 0 Å². The lowest BCUT2D eigenvalue weighted by atomic mass is 10.2. The van der Waals surface area contributed by atoms with Crippen molar-refractivity contribution < 1.29 is 24.6 Å². The van der Waals surface area contributed by atoms with Crippen LogP contribution < -0.4 is 15.5 Å². The molecule has 0 unspecified atom stereocenters. The Morgan fingerprint density at radius 3 is 2.44 bits per heavy atom. The summed E-state index contributed by atoms with van der Waals surface area (Å²) >= 11 is 0. The van der Waals surface area contributed by atoms with Gasteiger partial charge in [-0.15, -0.1) is 0 Å². The fraction of sp³-hybridized carbons (Fsp3) is 0.250. The smallest absolute Gasteiger partial charge is 0.224 e. The van der Waals surface area contributed by atoms with E-state index in [4.69, 9.17) is 0 Å². The van der Waals surface area contributed by atoms with Gasteiger partial charge in [0.1, 0.15) is 0 Å². The van der Waals surface area contributed by atoms with Crippen molar-refractivity contribution in [1.82, 2.24) is 0 Å². The molecule has 0 aliphatic rings. The van der Waals surface area contributed by atoms with Gasteiger partial charge in [0.15, 0.2) is 0 Å². The van der Waals surface area contributed by atoms with Gasteiger partial charge in [0.25, 0.3) is 0 Å². The van der Waals surface area contributed by atoms with Crippen LogP contribution in [0.15, 0.2) is 24.3 Å². The number of benzene rings is 1. The van der Waals surface area contributed by atoms with E-state index in [1.54, 1.807) is 0 Å². The zero-order chi connectivity index (χ0) is 13.5. The summed E-state index contributed by atoms with van der Waals surface area (Å²) in [7, 11) is 0. The minimum absolute atomic E-state index is 0.0313. The molecule has 96 valence electrons. The molecular formula is C12H11NO5-2. The van der Waals surface area contributed by atoms with E-state index >= 15 is 0 Å². The van der Waals surface area contributed by atoms with Crippen LogP contribution in [0, 0.1) is 0 Å². The minimum Gasteiger partial charge on any atom is -0.550 e. The fourth-order valence-corrected chi connectivity index (χ4v) is 1.34. The zero-order valence-electron chi connectivity index (χ0n) is 9.47. The highest BCUT2D eigenvalue weighted by Gasteiger charge is 2.03. The van der Waals surface area contributed by atoms with Gasteiger partial charge in [-0.05, 0) is 30.5 Å². The van der Waals surface area contributed by atoms with Crippen LogP contribution >= 0.6 is 0 Å².